The van der Waals surface area contributed by atoms with Crippen molar-refractivity contribution in [1.29, 1.82) is 0 Å². The van der Waals surface area contributed by atoms with Gasteiger partial charge in [-0.25, -0.2) is 0 Å². The lowest BCUT2D eigenvalue weighted by Crippen LogP contribution is -2.35. The van der Waals surface area contributed by atoms with Crippen molar-refractivity contribution in [3.05, 3.63) is 17.5 Å². The summed E-state index contributed by atoms with van der Waals surface area (Å²) in [5, 5.41) is 6.91. The Morgan fingerprint density at radius 2 is 2.17 bits per heavy atom. The number of ether oxygens (including phenoxy) is 1. The van der Waals surface area contributed by atoms with Gasteiger partial charge in [-0.3, -0.25) is 9.69 Å². The third-order valence-corrected chi connectivity index (χ3v) is 4.87. The molecule has 7 heteroatoms. The van der Waals surface area contributed by atoms with Crippen molar-refractivity contribution in [3.63, 3.8) is 0 Å². The lowest BCUT2D eigenvalue weighted by molar-refractivity contribution is 0.0305. The second kappa shape index (κ2) is 8.09. The van der Waals surface area contributed by atoms with E-state index in [-0.39, 0.29) is 5.91 Å². The summed E-state index contributed by atoms with van der Waals surface area (Å²) >= 11 is 0. The van der Waals surface area contributed by atoms with Crippen molar-refractivity contribution in [2.24, 2.45) is 5.92 Å². The summed E-state index contributed by atoms with van der Waals surface area (Å²) in [5.41, 5.74) is 0.372. The predicted molar refractivity (Wildman–Crippen MR) is 89.7 cm³/mol. The number of rotatable bonds is 6. The molecule has 1 atom stereocenters. The summed E-state index contributed by atoms with van der Waals surface area (Å²) in [4.78, 5) is 16.9. The molecule has 0 bridgehead atoms. The molecule has 2 saturated heterocycles. The Balaban J connectivity index is 1.44. The quantitative estimate of drug-likeness (QED) is 0.835. The monoisotopic (exact) mass is 336 g/mol. The minimum absolute atomic E-state index is 0.144. The van der Waals surface area contributed by atoms with Gasteiger partial charge in [-0.15, -0.1) is 0 Å². The Morgan fingerprint density at radius 3 is 2.88 bits per heavy atom. The van der Waals surface area contributed by atoms with Gasteiger partial charge in [0.2, 0.25) is 0 Å². The second-order valence-corrected chi connectivity index (χ2v) is 7.02. The molecule has 0 radical (unpaired) electrons. The Labute approximate surface area is 143 Å². The maximum Gasteiger partial charge on any atom is 0.273 e. The number of aromatic nitrogens is 1. The molecule has 7 nitrogen and oxygen atoms in total. The van der Waals surface area contributed by atoms with Crippen molar-refractivity contribution in [3.8, 4) is 0 Å². The zero-order chi connectivity index (χ0) is 16.9. The molecule has 0 saturated carbocycles. The van der Waals surface area contributed by atoms with Gasteiger partial charge in [0.25, 0.3) is 5.91 Å². The van der Waals surface area contributed by atoms with Crippen molar-refractivity contribution < 1.29 is 14.1 Å². The van der Waals surface area contributed by atoms with Crippen LogP contribution in [0.3, 0.4) is 0 Å². The fourth-order valence-corrected chi connectivity index (χ4v) is 3.30. The highest BCUT2D eigenvalue weighted by Crippen LogP contribution is 2.17. The lowest BCUT2D eigenvalue weighted by atomic mass is 10.1. The number of morpholine rings is 1. The average molecular weight is 336 g/mol. The van der Waals surface area contributed by atoms with Gasteiger partial charge in [0.05, 0.1) is 19.8 Å². The van der Waals surface area contributed by atoms with Crippen LogP contribution in [0.4, 0.5) is 0 Å². The van der Waals surface area contributed by atoms with E-state index in [2.05, 4.69) is 34.1 Å². The van der Waals surface area contributed by atoms with Crippen LogP contribution in [0.1, 0.15) is 36.5 Å². The van der Waals surface area contributed by atoms with Crippen LogP contribution in [-0.4, -0.2) is 72.8 Å². The molecule has 0 aliphatic carbocycles. The van der Waals surface area contributed by atoms with E-state index in [9.17, 15) is 4.79 Å². The average Bonchev–Trinajstić information content (AvgIpc) is 3.23. The fraction of sp³-hybridized carbons (Fsp3) is 0.765. The number of nitrogens with zero attached hydrogens (tertiary/aromatic N) is 3. The van der Waals surface area contributed by atoms with E-state index in [1.165, 1.54) is 0 Å². The molecule has 2 fully saturated rings. The normalized spacial score (nSPS) is 23.0. The first kappa shape index (κ1) is 17.4. The van der Waals surface area contributed by atoms with Crippen LogP contribution in [0, 0.1) is 5.92 Å². The van der Waals surface area contributed by atoms with E-state index < -0.39 is 0 Å². The van der Waals surface area contributed by atoms with E-state index in [0.29, 0.717) is 30.7 Å². The van der Waals surface area contributed by atoms with Crippen molar-refractivity contribution >= 4 is 5.91 Å². The van der Waals surface area contributed by atoms with Crippen LogP contribution in [-0.2, 0) is 11.3 Å². The lowest BCUT2D eigenvalue weighted by Gasteiger charge is -2.25. The second-order valence-electron chi connectivity index (χ2n) is 7.02. The molecule has 0 spiro atoms. The van der Waals surface area contributed by atoms with Gasteiger partial charge >= 0.3 is 0 Å². The van der Waals surface area contributed by atoms with Gasteiger partial charge in [0.1, 0.15) is 0 Å². The van der Waals surface area contributed by atoms with Gasteiger partial charge < -0.3 is 19.5 Å². The standard InChI is InChI=1S/C17H28N4O3/c1-13(2)21-4-3-14(11-21)10-18-17(22)16-9-15(24-19-16)12-20-5-7-23-8-6-20/h9,13-14H,3-8,10-12H2,1-2H3,(H,18,22). The van der Waals surface area contributed by atoms with E-state index in [1.54, 1.807) is 6.07 Å². The van der Waals surface area contributed by atoms with Gasteiger partial charge in [-0.2, -0.15) is 0 Å². The molecule has 1 amide bonds. The maximum atomic E-state index is 12.2. The smallest absolute Gasteiger partial charge is 0.273 e. The van der Waals surface area contributed by atoms with Gasteiger partial charge in [-0.05, 0) is 32.7 Å². The molecule has 1 N–H and O–H groups in total. The molecule has 1 unspecified atom stereocenters. The molecular weight excluding hydrogens is 308 g/mol. The number of hydrogen-bond donors (Lipinski definition) is 1. The van der Waals surface area contributed by atoms with Crippen LogP contribution in [0.15, 0.2) is 10.6 Å². The topological polar surface area (TPSA) is 70.8 Å². The summed E-state index contributed by atoms with van der Waals surface area (Å²) in [6.07, 6.45) is 1.14. The number of nitrogens with one attached hydrogen (secondary N) is 1. The summed E-state index contributed by atoms with van der Waals surface area (Å²) in [7, 11) is 0. The van der Waals surface area contributed by atoms with Crippen LogP contribution < -0.4 is 5.32 Å². The van der Waals surface area contributed by atoms with Crippen molar-refractivity contribution in [1.82, 2.24) is 20.3 Å². The first-order valence-electron chi connectivity index (χ1n) is 8.90. The minimum Gasteiger partial charge on any atom is -0.379 e. The number of hydrogen-bond acceptors (Lipinski definition) is 6. The van der Waals surface area contributed by atoms with Crippen molar-refractivity contribution in [2.45, 2.75) is 32.9 Å². The summed E-state index contributed by atoms with van der Waals surface area (Å²) in [6.45, 7) is 11.2. The van der Waals surface area contributed by atoms with Gasteiger partial charge in [0.15, 0.2) is 11.5 Å². The highest BCUT2D eigenvalue weighted by molar-refractivity contribution is 5.92. The van der Waals surface area contributed by atoms with Crippen LogP contribution in [0.5, 0.6) is 0 Å². The first-order chi connectivity index (χ1) is 11.6. The van der Waals surface area contributed by atoms with E-state index in [0.717, 1.165) is 51.6 Å². The number of likely N-dealkylation sites (tertiary alicyclic amines) is 1. The number of amides is 1. The number of carbonyl (C=O) groups is 1. The molecule has 134 valence electrons. The van der Waals surface area contributed by atoms with Gasteiger partial charge in [0, 0.05) is 38.3 Å². The molecule has 0 aromatic carbocycles. The van der Waals surface area contributed by atoms with E-state index in [1.807, 2.05) is 0 Å². The molecule has 2 aliphatic heterocycles. The highest BCUT2D eigenvalue weighted by Gasteiger charge is 2.25. The zero-order valence-corrected chi connectivity index (χ0v) is 14.7. The molecule has 3 heterocycles. The Kier molecular flexibility index (Phi) is 5.86. The largest absolute Gasteiger partial charge is 0.379 e. The predicted octanol–water partition coefficient (Wildman–Crippen LogP) is 0.967. The van der Waals surface area contributed by atoms with E-state index >= 15 is 0 Å². The van der Waals surface area contributed by atoms with Crippen LogP contribution in [0.2, 0.25) is 0 Å². The molecular formula is C17H28N4O3. The van der Waals surface area contributed by atoms with Crippen molar-refractivity contribution in [2.75, 3.05) is 45.9 Å². The third kappa shape index (κ3) is 4.55. The molecule has 1 aromatic rings. The van der Waals surface area contributed by atoms with Gasteiger partial charge in [-0.1, -0.05) is 5.16 Å². The Hall–Kier alpha value is -1.44. The Morgan fingerprint density at radius 1 is 1.38 bits per heavy atom. The SMILES string of the molecule is CC(C)N1CCC(CNC(=O)c2cc(CN3CCOCC3)on2)C1. The van der Waals surface area contributed by atoms with E-state index in [4.69, 9.17) is 9.26 Å². The first-order valence-corrected chi connectivity index (χ1v) is 8.90. The summed E-state index contributed by atoms with van der Waals surface area (Å²) < 4.78 is 10.6. The summed E-state index contributed by atoms with van der Waals surface area (Å²) in [6, 6.07) is 2.32. The Bertz CT molecular complexity index is 540. The fourth-order valence-electron chi connectivity index (χ4n) is 3.30. The third-order valence-electron chi connectivity index (χ3n) is 4.87. The highest BCUT2D eigenvalue weighted by atomic mass is 16.5. The maximum absolute atomic E-state index is 12.2. The van der Waals surface area contributed by atoms with Crippen LogP contribution >= 0.6 is 0 Å². The zero-order valence-electron chi connectivity index (χ0n) is 14.7. The molecule has 24 heavy (non-hydrogen) atoms. The number of carbonyl (C=O) groups excluding carboxylic acids is 1. The van der Waals surface area contributed by atoms with Crippen LogP contribution in [0.25, 0.3) is 0 Å². The minimum atomic E-state index is -0.144. The molecule has 1 aromatic heterocycles. The summed E-state index contributed by atoms with van der Waals surface area (Å²) in [5.74, 6) is 1.11. The molecule has 3 rings (SSSR count). The molecule has 2 aliphatic rings.